The Labute approximate surface area is 240 Å². The number of carbonyl (C=O) groups is 2. The maximum absolute atomic E-state index is 13.8. The summed E-state index contributed by atoms with van der Waals surface area (Å²) in [4.78, 5) is 45.4. The molecule has 0 bridgehead atoms. The summed E-state index contributed by atoms with van der Waals surface area (Å²) in [5.74, 6) is -1.99. The van der Waals surface area contributed by atoms with E-state index in [9.17, 15) is 28.1 Å². The zero-order chi connectivity index (χ0) is 29.6. The molecule has 6 rings (SSSR count). The standard InChI is InChI=1S/C30H23N3O8S/c1-19-10-14-21(15-11-19)31-29(34)26-27(32(40-28(26)30(31)35)22-6-5-7-23(18-22)33(36)37)20-12-16-24(17-13-20)41-42(38,39)25-8-3-2-4-9-25/h2-18,26-28H,1H3/t26-,27-,28+/m1/s1. The van der Waals surface area contributed by atoms with E-state index in [1.165, 1.54) is 47.5 Å². The maximum Gasteiger partial charge on any atom is 0.339 e. The summed E-state index contributed by atoms with van der Waals surface area (Å²) in [5.41, 5.74) is 1.95. The van der Waals surface area contributed by atoms with Crippen molar-refractivity contribution in [2.24, 2.45) is 5.92 Å². The summed E-state index contributed by atoms with van der Waals surface area (Å²) < 4.78 is 30.7. The van der Waals surface area contributed by atoms with Crippen LogP contribution in [-0.2, 0) is 24.5 Å². The van der Waals surface area contributed by atoms with Crippen LogP contribution in [0.3, 0.4) is 0 Å². The lowest BCUT2D eigenvalue weighted by Crippen LogP contribution is -2.37. The van der Waals surface area contributed by atoms with E-state index in [1.54, 1.807) is 60.7 Å². The molecule has 2 aliphatic rings. The molecule has 2 saturated heterocycles. The summed E-state index contributed by atoms with van der Waals surface area (Å²) >= 11 is 0. The van der Waals surface area contributed by atoms with Gasteiger partial charge in [-0.15, -0.1) is 0 Å². The summed E-state index contributed by atoms with van der Waals surface area (Å²) in [5, 5.41) is 12.8. The lowest BCUT2D eigenvalue weighted by molar-refractivity contribution is -0.384. The number of amides is 2. The van der Waals surface area contributed by atoms with Gasteiger partial charge in [-0.25, -0.2) is 9.96 Å². The van der Waals surface area contributed by atoms with Crippen molar-refractivity contribution in [2.45, 2.75) is 24.0 Å². The van der Waals surface area contributed by atoms with E-state index in [1.807, 2.05) is 6.92 Å². The number of nitro benzene ring substituents is 1. The number of hydrogen-bond donors (Lipinski definition) is 0. The second-order valence-corrected chi connectivity index (χ2v) is 11.4. The van der Waals surface area contributed by atoms with Gasteiger partial charge in [0.2, 0.25) is 5.91 Å². The number of aryl methyl sites for hydroxylation is 1. The van der Waals surface area contributed by atoms with Crippen LogP contribution in [-0.4, -0.2) is 31.3 Å². The van der Waals surface area contributed by atoms with Crippen LogP contribution >= 0.6 is 0 Å². The Bertz CT molecular complexity index is 1790. The number of non-ortho nitro benzene ring substituents is 1. The highest BCUT2D eigenvalue weighted by atomic mass is 32.2. The predicted molar refractivity (Wildman–Crippen MR) is 151 cm³/mol. The minimum Gasteiger partial charge on any atom is -0.379 e. The second kappa shape index (κ2) is 10.4. The highest BCUT2D eigenvalue weighted by Gasteiger charge is 2.60. The number of nitro groups is 1. The third-order valence-corrected chi connectivity index (χ3v) is 8.42. The first-order chi connectivity index (χ1) is 20.1. The maximum atomic E-state index is 13.8. The molecular formula is C30H23N3O8S. The van der Waals surface area contributed by atoms with Crippen molar-refractivity contribution < 1.29 is 32.0 Å². The Kier molecular flexibility index (Phi) is 6.71. The van der Waals surface area contributed by atoms with E-state index in [4.69, 9.17) is 9.02 Å². The molecule has 42 heavy (non-hydrogen) atoms. The van der Waals surface area contributed by atoms with E-state index in [2.05, 4.69) is 0 Å². The normalized spacial score (nSPS) is 20.1. The van der Waals surface area contributed by atoms with Crippen molar-refractivity contribution in [3.05, 3.63) is 124 Å². The van der Waals surface area contributed by atoms with Gasteiger partial charge in [-0.2, -0.15) is 8.42 Å². The fraction of sp³-hybridized carbons (Fsp3) is 0.133. The monoisotopic (exact) mass is 585 g/mol. The second-order valence-electron chi connectivity index (χ2n) is 9.87. The first-order valence-electron chi connectivity index (χ1n) is 12.9. The smallest absolute Gasteiger partial charge is 0.339 e. The Morgan fingerprint density at radius 3 is 2.19 bits per heavy atom. The van der Waals surface area contributed by atoms with Gasteiger partial charge in [-0.05, 0) is 55.0 Å². The molecule has 11 nitrogen and oxygen atoms in total. The molecule has 2 amide bonds. The quantitative estimate of drug-likeness (QED) is 0.131. The summed E-state index contributed by atoms with van der Waals surface area (Å²) in [6.07, 6.45) is -1.18. The Morgan fingerprint density at radius 2 is 1.52 bits per heavy atom. The first kappa shape index (κ1) is 27.1. The van der Waals surface area contributed by atoms with E-state index in [-0.39, 0.29) is 22.0 Å². The topological polar surface area (TPSA) is 136 Å². The zero-order valence-electron chi connectivity index (χ0n) is 22.1. The van der Waals surface area contributed by atoms with Crippen LogP contribution in [0.15, 0.2) is 108 Å². The van der Waals surface area contributed by atoms with E-state index >= 15 is 0 Å². The van der Waals surface area contributed by atoms with Crippen molar-refractivity contribution in [3.8, 4) is 5.75 Å². The molecule has 0 saturated carbocycles. The molecule has 4 aromatic carbocycles. The molecule has 4 aromatic rings. The number of rotatable bonds is 7. The van der Waals surface area contributed by atoms with Crippen molar-refractivity contribution >= 4 is 39.0 Å². The Hall–Kier alpha value is -5.07. The number of hydroxylamine groups is 1. The predicted octanol–water partition coefficient (Wildman–Crippen LogP) is 4.72. The number of benzene rings is 4. The molecule has 0 unspecified atom stereocenters. The number of imide groups is 1. The molecule has 0 radical (unpaired) electrons. The molecule has 0 spiro atoms. The molecule has 2 fully saturated rings. The minimum atomic E-state index is -4.09. The van der Waals surface area contributed by atoms with Crippen LogP contribution in [0, 0.1) is 23.0 Å². The third-order valence-electron chi connectivity index (χ3n) is 7.16. The van der Waals surface area contributed by atoms with Gasteiger partial charge in [-0.1, -0.05) is 54.1 Å². The molecule has 2 heterocycles. The molecule has 0 N–H and O–H groups in total. The van der Waals surface area contributed by atoms with Gasteiger partial charge in [0.05, 0.1) is 22.3 Å². The molecule has 0 aliphatic carbocycles. The Balaban J connectivity index is 1.37. The van der Waals surface area contributed by atoms with Gasteiger partial charge in [0.25, 0.3) is 11.6 Å². The number of carbonyl (C=O) groups excluding carboxylic acids is 2. The third kappa shape index (κ3) is 4.76. The summed E-state index contributed by atoms with van der Waals surface area (Å²) in [6.45, 7) is 1.89. The van der Waals surface area contributed by atoms with Gasteiger partial charge in [-0.3, -0.25) is 24.5 Å². The first-order valence-corrected chi connectivity index (χ1v) is 14.3. The fourth-order valence-electron chi connectivity index (χ4n) is 5.15. The van der Waals surface area contributed by atoms with Crippen molar-refractivity contribution in [3.63, 3.8) is 0 Å². The largest absolute Gasteiger partial charge is 0.379 e. The zero-order valence-corrected chi connectivity index (χ0v) is 22.9. The molecule has 0 aromatic heterocycles. The van der Waals surface area contributed by atoms with Crippen LogP contribution < -0.4 is 14.1 Å². The van der Waals surface area contributed by atoms with Crippen LogP contribution in [0.1, 0.15) is 17.2 Å². The van der Waals surface area contributed by atoms with Crippen LogP contribution in [0.4, 0.5) is 17.1 Å². The molecule has 3 atom stereocenters. The van der Waals surface area contributed by atoms with Gasteiger partial charge >= 0.3 is 10.1 Å². The number of hydrogen-bond acceptors (Lipinski definition) is 9. The average molecular weight is 586 g/mol. The van der Waals surface area contributed by atoms with Gasteiger partial charge in [0.15, 0.2) is 6.10 Å². The number of nitrogens with zero attached hydrogens (tertiary/aromatic N) is 3. The van der Waals surface area contributed by atoms with Crippen LogP contribution in [0.25, 0.3) is 0 Å². The SMILES string of the molecule is Cc1ccc(N2C(=O)[C@H]3[C@H](ON(c4cccc([N+](=O)[O-])c4)[C@@H]3c3ccc(OS(=O)(=O)c4ccccc4)cc3)C2=O)cc1. The highest BCUT2D eigenvalue weighted by molar-refractivity contribution is 7.87. The highest BCUT2D eigenvalue weighted by Crippen LogP contribution is 2.48. The van der Waals surface area contributed by atoms with Crippen molar-refractivity contribution in [1.82, 2.24) is 0 Å². The average Bonchev–Trinajstić information content (AvgIpc) is 3.50. The fourth-order valence-corrected chi connectivity index (χ4v) is 6.10. The number of anilines is 2. The van der Waals surface area contributed by atoms with E-state index in [0.29, 0.717) is 11.3 Å². The molecule has 2 aliphatic heterocycles. The molecule has 12 heteroatoms. The van der Waals surface area contributed by atoms with Gasteiger partial charge < -0.3 is 4.18 Å². The van der Waals surface area contributed by atoms with E-state index in [0.717, 1.165) is 10.5 Å². The molecular weight excluding hydrogens is 562 g/mol. The number of fused-ring (bicyclic) bond motifs is 1. The molecule has 212 valence electrons. The van der Waals surface area contributed by atoms with Gasteiger partial charge in [0, 0.05) is 12.1 Å². The van der Waals surface area contributed by atoms with Crippen LogP contribution in [0.5, 0.6) is 5.75 Å². The van der Waals surface area contributed by atoms with Crippen molar-refractivity contribution in [2.75, 3.05) is 9.96 Å². The van der Waals surface area contributed by atoms with Gasteiger partial charge in [0.1, 0.15) is 16.6 Å². The summed E-state index contributed by atoms with van der Waals surface area (Å²) in [7, 11) is -4.09. The summed E-state index contributed by atoms with van der Waals surface area (Å²) in [6, 6.07) is 25.5. The lowest BCUT2D eigenvalue weighted by atomic mass is 9.90. The minimum absolute atomic E-state index is 0.00998. The van der Waals surface area contributed by atoms with Crippen LogP contribution in [0.2, 0.25) is 0 Å². The Morgan fingerprint density at radius 1 is 0.833 bits per heavy atom. The van der Waals surface area contributed by atoms with E-state index < -0.39 is 44.9 Å². The van der Waals surface area contributed by atoms with Crippen molar-refractivity contribution in [1.29, 1.82) is 0 Å². The lowest BCUT2D eigenvalue weighted by Gasteiger charge is -2.28.